The summed E-state index contributed by atoms with van der Waals surface area (Å²) in [6, 6.07) is 9.82. The molecule has 0 fully saturated rings. The molecular weight excluding hydrogens is 318 g/mol. The van der Waals surface area contributed by atoms with Crippen LogP contribution in [0.5, 0.6) is 0 Å². The van der Waals surface area contributed by atoms with Gasteiger partial charge in [0.15, 0.2) is 0 Å². The lowest BCUT2D eigenvalue weighted by atomic mass is 10.1. The Balaban J connectivity index is 1.49. The van der Waals surface area contributed by atoms with Crippen molar-refractivity contribution in [3.05, 3.63) is 59.7 Å². The largest absolute Gasteiger partial charge is 0.356 e. The number of aromatic nitrogens is 4. The van der Waals surface area contributed by atoms with Crippen LogP contribution in [0.2, 0.25) is 0 Å². The second-order valence-corrected chi connectivity index (χ2v) is 5.98. The summed E-state index contributed by atoms with van der Waals surface area (Å²) in [6.07, 6.45) is 3.57. The first-order chi connectivity index (χ1) is 12.1. The molecule has 7 heteroatoms. The smallest absolute Gasteiger partial charge is 0.253 e. The maximum Gasteiger partial charge on any atom is 0.253 e. The van der Waals surface area contributed by atoms with Crippen molar-refractivity contribution in [1.29, 1.82) is 0 Å². The van der Waals surface area contributed by atoms with Gasteiger partial charge in [-0.15, -0.1) is 0 Å². The Morgan fingerprint density at radius 1 is 1.36 bits per heavy atom. The van der Waals surface area contributed by atoms with E-state index in [9.17, 15) is 4.79 Å². The minimum Gasteiger partial charge on any atom is -0.356 e. The van der Waals surface area contributed by atoms with Gasteiger partial charge in [0.05, 0.1) is 17.8 Å². The van der Waals surface area contributed by atoms with Crippen LogP contribution >= 0.6 is 0 Å². The van der Waals surface area contributed by atoms with E-state index >= 15 is 0 Å². The van der Waals surface area contributed by atoms with Crippen LogP contribution in [0.3, 0.4) is 0 Å². The Labute approximate surface area is 143 Å². The minimum atomic E-state index is -0.179. The molecule has 0 unspecified atom stereocenters. The van der Waals surface area contributed by atoms with Crippen molar-refractivity contribution in [3.8, 4) is 11.5 Å². The maximum atomic E-state index is 12.0. The first-order valence-electron chi connectivity index (χ1n) is 7.91. The van der Waals surface area contributed by atoms with E-state index in [1.54, 1.807) is 12.3 Å². The third-order valence-corrected chi connectivity index (χ3v) is 4.09. The molecule has 1 amide bonds. The average Bonchev–Trinajstić information content (AvgIpc) is 3.31. The van der Waals surface area contributed by atoms with Gasteiger partial charge in [-0.05, 0) is 30.7 Å². The Hall–Kier alpha value is -3.35. The zero-order valence-electron chi connectivity index (χ0n) is 13.9. The van der Waals surface area contributed by atoms with E-state index < -0.39 is 0 Å². The van der Waals surface area contributed by atoms with E-state index in [4.69, 9.17) is 4.52 Å². The van der Waals surface area contributed by atoms with Crippen LogP contribution in [0.15, 0.2) is 47.2 Å². The zero-order valence-corrected chi connectivity index (χ0v) is 13.9. The summed E-state index contributed by atoms with van der Waals surface area (Å²) in [5.74, 6) is 0.649. The van der Waals surface area contributed by atoms with E-state index in [-0.39, 0.29) is 12.5 Å². The van der Waals surface area contributed by atoms with Crippen LogP contribution in [0.25, 0.3) is 22.4 Å². The molecule has 0 bridgehead atoms. The molecule has 0 aliphatic carbocycles. The van der Waals surface area contributed by atoms with E-state index in [0.717, 1.165) is 16.6 Å². The highest BCUT2D eigenvalue weighted by Gasteiger charge is 2.13. The molecule has 25 heavy (non-hydrogen) atoms. The van der Waals surface area contributed by atoms with Crippen molar-refractivity contribution in [2.24, 2.45) is 7.05 Å². The van der Waals surface area contributed by atoms with Gasteiger partial charge < -0.3 is 19.4 Å². The van der Waals surface area contributed by atoms with Crippen LogP contribution in [0.1, 0.15) is 21.8 Å². The van der Waals surface area contributed by atoms with Gasteiger partial charge in [-0.3, -0.25) is 4.79 Å². The van der Waals surface area contributed by atoms with Gasteiger partial charge in [-0.25, -0.2) is 0 Å². The highest BCUT2D eigenvalue weighted by molar-refractivity contribution is 5.93. The number of hydrogen-bond acceptors (Lipinski definition) is 4. The third-order valence-electron chi connectivity index (χ3n) is 4.09. The predicted octanol–water partition coefficient (Wildman–Crippen LogP) is 2.79. The number of nitrogens with one attached hydrogen (secondary N) is 2. The topological polar surface area (TPSA) is 88.7 Å². The van der Waals surface area contributed by atoms with Crippen LogP contribution < -0.4 is 5.32 Å². The van der Waals surface area contributed by atoms with Gasteiger partial charge in [-0.1, -0.05) is 17.3 Å². The average molecular weight is 335 g/mol. The number of aryl methyl sites for hydroxylation is 2. The molecule has 1 aromatic carbocycles. The fourth-order valence-electron chi connectivity index (χ4n) is 2.76. The van der Waals surface area contributed by atoms with Gasteiger partial charge >= 0.3 is 0 Å². The van der Waals surface area contributed by atoms with Crippen molar-refractivity contribution >= 4 is 16.8 Å². The summed E-state index contributed by atoms with van der Waals surface area (Å²) in [5, 5.41) is 7.89. The van der Waals surface area contributed by atoms with Gasteiger partial charge in [0.25, 0.3) is 5.91 Å². The highest BCUT2D eigenvalue weighted by atomic mass is 16.5. The van der Waals surface area contributed by atoms with E-state index in [2.05, 4.69) is 33.4 Å². The molecule has 4 rings (SSSR count). The molecule has 0 aliphatic rings. The summed E-state index contributed by atoms with van der Waals surface area (Å²) in [4.78, 5) is 19.7. The lowest BCUT2D eigenvalue weighted by molar-refractivity contribution is 0.0946. The standard InChI is InChI=1S/C18H17N5O2/c1-11-4-3-5-14-13(11)8-15(20-14)17-21-16(25-22-17)9-19-18(24)12-6-7-23(2)10-12/h3-8,10,20H,9H2,1-2H3,(H,19,24). The number of hydrogen-bond donors (Lipinski definition) is 2. The van der Waals surface area contributed by atoms with Crippen molar-refractivity contribution in [2.75, 3.05) is 0 Å². The normalized spacial score (nSPS) is 11.1. The van der Waals surface area contributed by atoms with E-state index in [0.29, 0.717) is 17.3 Å². The fraction of sp³-hybridized carbons (Fsp3) is 0.167. The first kappa shape index (κ1) is 15.2. The van der Waals surface area contributed by atoms with E-state index in [1.165, 1.54) is 5.56 Å². The molecule has 126 valence electrons. The van der Waals surface area contributed by atoms with Crippen molar-refractivity contribution < 1.29 is 9.32 Å². The van der Waals surface area contributed by atoms with Gasteiger partial charge in [-0.2, -0.15) is 4.98 Å². The quantitative estimate of drug-likeness (QED) is 0.600. The molecule has 2 N–H and O–H groups in total. The number of benzene rings is 1. The summed E-state index contributed by atoms with van der Waals surface area (Å²) < 4.78 is 7.05. The SMILES string of the molecule is Cc1cccc2[nH]c(-c3noc(CNC(=O)c4ccn(C)c4)n3)cc12. The second kappa shape index (κ2) is 5.94. The van der Waals surface area contributed by atoms with E-state index in [1.807, 2.05) is 36.0 Å². The molecule has 4 aromatic rings. The van der Waals surface area contributed by atoms with Crippen LogP contribution in [-0.2, 0) is 13.6 Å². The molecule has 7 nitrogen and oxygen atoms in total. The molecule has 0 atom stereocenters. The third kappa shape index (κ3) is 2.91. The zero-order chi connectivity index (χ0) is 17.4. The molecule has 0 saturated carbocycles. The molecule has 3 aromatic heterocycles. The van der Waals surface area contributed by atoms with Gasteiger partial charge in [0, 0.05) is 30.3 Å². The number of carbonyl (C=O) groups is 1. The number of carbonyl (C=O) groups excluding carboxylic acids is 1. The molecule has 0 radical (unpaired) electrons. The highest BCUT2D eigenvalue weighted by Crippen LogP contribution is 2.24. The summed E-state index contributed by atoms with van der Waals surface area (Å²) in [6.45, 7) is 2.24. The summed E-state index contributed by atoms with van der Waals surface area (Å²) >= 11 is 0. The number of nitrogens with zero attached hydrogens (tertiary/aromatic N) is 3. The monoisotopic (exact) mass is 335 g/mol. The maximum absolute atomic E-state index is 12.0. The Kier molecular flexibility index (Phi) is 3.61. The number of fused-ring (bicyclic) bond motifs is 1. The molecule has 3 heterocycles. The Bertz CT molecular complexity index is 1060. The Morgan fingerprint density at radius 3 is 3.00 bits per heavy atom. The van der Waals surface area contributed by atoms with Crippen LogP contribution in [0.4, 0.5) is 0 Å². The number of aromatic amines is 1. The molecule has 0 saturated heterocycles. The molecular formula is C18H17N5O2. The molecule has 0 spiro atoms. The first-order valence-corrected chi connectivity index (χ1v) is 7.91. The van der Waals surface area contributed by atoms with Gasteiger partial charge in [0.2, 0.25) is 11.7 Å². The minimum absolute atomic E-state index is 0.179. The lowest BCUT2D eigenvalue weighted by Gasteiger charge is -1.98. The summed E-state index contributed by atoms with van der Waals surface area (Å²) in [5.41, 5.74) is 3.58. The van der Waals surface area contributed by atoms with Crippen LogP contribution in [-0.4, -0.2) is 25.6 Å². The summed E-state index contributed by atoms with van der Waals surface area (Å²) in [7, 11) is 1.86. The van der Waals surface area contributed by atoms with Crippen molar-refractivity contribution in [3.63, 3.8) is 0 Å². The van der Waals surface area contributed by atoms with Gasteiger partial charge in [0.1, 0.15) is 0 Å². The van der Waals surface area contributed by atoms with Crippen molar-refractivity contribution in [2.45, 2.75) is 13.5 Å². The predicted molar refractivity (Wildman–Crippen MR) is 92.9 cm³/mol. The lowest BCUT2D eigenvalue weighted by Crippen LogP contribution is -2.22. The fourth-order valence-corrected chi connectivity index (χ4v) is 2.76. The number of H-pyrrole nitrogens is 1. The Morgan fingerprint density at radius 2 is 2.24 bits per heavy atom. The van der Waals surface area contributed by atoms with Crippen LogP contribution in [0, 0.1) is 6.92 Å². The number of amides is 1. The second-order valence-electron chi connectivity index (χ2n) is 5.98. The molecule has 0 aliphatic heterocycles. The number of rotatable bonds is 4. The van der Waals surface area contributed by atoms with Crippen molar-refractivity contribution in [1.82, 2.24) is 25.0 Å².